The SMILES string of the molecule is CCOC(CC)(CC)C(CC)OC. The monoisotopic (exact) mass is 188 g/mol. The van der Waals surface area contributed by atoms with Crippen molar-refractivity contribution < 1.29 is 9.47 Å². The lowest BCUT2D eigenvalue weighted by molar-refractivity contribution is -0.138. The summed E-state index contributed by atoms with van der Waals surface area (Å²) in [6.45, 7) is 9.29. The maximum atomic E-state index is 5.85. The zero-order valence-electron chi connectivity index (χ0n) is 9.72. The summed E-state index contributed by atoms with van der Waals surface area (Å²) in [7, 11) is 1.77. The third-order valence-corrected chi connectivity index (χ3v) is 2.87. The molecule has 0 saturated heterocycles. The highest BCUT2D eigenvalue weighted by atomic mass is 16.5. The maximum Gasteiger partial charge on any atom is 0.0937 e. The molecule has 0 aliphatic carbocycles. The molecule has 2 nitrogen and oxygen atoms in total. The smallest absolute Gasteiger partial charge is 0.0937 e. The summed E-state index contributed by atoms with van der Waals surface area (Å²) in [5, 5.41) is 0. The molecular weight excluding hydrogens is 164 g/mol. The minimum atomic E-state index is -0.0712. The summed E-state index contributed by atoms with van der Waals surface area (Å²) in [5.41, 5.74) is -0.0712. The molecule has 0 rings (SSSR count). The van der Waals surface area contributed by atoms with Crippen LogP contribution in [0, 0.1) is 0 Å². The summed E-state index contributed by atoms with van der Waals surface area (Å²) in [5.74, 6) is 0. The summed E-state index contributed by atoms with van der Waals surface area (Å²) in [6.07, 6.45) is 3.27. The molecule has 0 aliphatic heterocycles. The predicted molar refractivity (Wildman–Crippen MR) is 56.0 cm³/mol. The molecule has 0 aromatic heterocycles. The minimum Gasteiger partial charge on any atom is -0.378 e. The van der Waals surface area contributed by atoms with Crippen LogP contribution in [-0.4, -0.2) is 25.4 Å². The molecule has 0 aliphatic rings. The fraction of sp³-hybridized carbons (Fsp3) is 1.00. The van der Waals surface area contributed by atoms with Crippen molar-refractivity contribution in [1.82, 2.24) is 0 Å². The Bertz CT molecular complexity index is 115. The topological polar surface area (TPSA) is 18.5 Å². The third-order valence-electron chi connectivity index (χ3n) is 2.87. The maximum absolute atomic E-state index is 5.85. The van der Waals surface area contributed by atoms with Crippen LogP contribution in [0.3, 0.4) is 0 Å². The van der Waals surface area contributed by atoms with Crippen LogP contribution < -0.4 is 0 Å². The van der Waals surface area contributed by atoms with Crippen LogP contribution >= 0.6 is 0 Å². The lowest BCUT2D eigenvalue weighted by Gasteiger charge is -2.38. The van der Waals surface area contributed by atoms with Crippen molar-refractivity contribution in [2.75, 3.05) is 13.7 Å². The van der Waals surface area contributed by atoms with Gasteiger partial charge >= 0.3 is 0 Å². The summed E-state index contributed by atoms with van der Waals surface area (Å²) < 4.78 is 11.3. The molecule has 13 heavy (non-hydrogen) atoms. The summed E-state index contributed by atoms with van der Waals surface area (Å²) in [6, 6.07) is 0. The van der Waals surface area contributed by atoms with E-state index in [-0.39, 0.29) is 11.7 Å². The second kappa shape index (κ2) is 6.39. The van der Waals surface area contributed by atoms with E-state index in [9.17, 15) is 0 Å². The molecule has 0 N–H and O–H groups in total. The Labute approximate surface area is 82.6 Å². The highest BCUT2D eigenvalue weighted by Gasteiger charge is 2.35. The van der Waals surface area contributed by atoms with Gasteiger partial charge in [-0.15, -0.1) is 0 Å². The molecule has 0 spiro atoms. The van der Waals surface area contributed by atoms with Crippen LogP contribution in [0.5, 0.6) is 0 Å². The van der Waals surface area contributed by atoms with Crippen molar-refractivity contribution in [2.24, 2.45) is 0 Å². The second-order valence-corrected chi connectivity index (χ2v) is 3.34. The lowest BCUT2D eigenvalue weighted by atomic mass is 9.88. The molecule has 0 aromatic rings. The van der Waals surface area contributed by atoms with Crippen LogP contribution in [0.2, 0.25) is 0 Å². The molecule has 0 saturated carbocycles. The van der Waals surface area contributed by atoms with Crippen LogP contribution in [0.4, 0.5) is 0 Å². The van der Waals surface area contributed by atoms with Crippen molar-refractivity contribution >= 4 is 0 Å². The lowest BCUT2D eigenvalue weighted by Crippen LogP contribution is -2.44. The van der Waals surface area contributed by atoms with Crippen molar-refractivity contribution in [3.8, 4) is 0 Å². The number of ether oxygens (including phenoxy) is 2. The van der Waals surface area contributed by atoms with E-state index >= 15 is 0 Å². The van der Waals surface area contributed by atoms with E-state index in [0.717, 1.165) is 25.9 Å². The number of rotatable bonds is 7. The quantitative estimate of drug-likeness (QED) is 0.611. The summed E-state index contributed by atoms with van der Waals surface area (Å²) >= 11 is 0. The largest absolute Gasteiger partial charge is 0.378 e. The Balaban J connectivity index is 4.50. The first kappa shape index (κ1) is 12.9. The van der Waals surface area contributed by atoms with Gasteiger partial charge in [0.2, 0.25) is 0 Å². The molecule has 1 unspecified atom stereocenters. The van der Waals surface area contributed by atoms with E-state index < -0.39 is 0 Å². The Kier molecular flexibility index (Phi) is 6.35. The van der Waals surface area contributed by atoms with Gasteiger partial charge in [-0.1, -0.05) is 20.8 Å². The summed E-state index contributed by atoms with van der Waals surface area (Å²) in [4.78, 5) is 0. The predicted octanol–water partition coefficient (Wildman–Crippen LogP) is 3.01. The minimum absolute atomic E-state index is 0.0712. The van der Waals surface area contributed by atoms with Crippen molar-refractivity contribution in [1.29, 1.82) is 0 Å². The molecule has 0 heterocycles. The zero-order valence-corrected chi connectivity index (χ0v) is 9.72. The fourth-order valence-corrected chi connectivity index (χ4v) is 2.04. The standard InChI is InChI=1S/C11H24O2/c1-6-10(12-5)11(7-2,8-3)13-9-4/h10H,6-9H2,1-5H3. The van der Waals surface area contributed by atoms with Gasteiger partial charge in [0, 0.05) is 13.7 Å². The van der Waals surface area contributed by atoms with Crippen LogP contribution in [0.25, 0.3) is 0 Å². The van der Waals surface area contributed by atoms with Gasteiger partial charge in [-0.05, 0) is 26.2 Å². The van der Waals surface area contributed by atoms with Gasteiger partial charge in [0.15, 0.2) is 0 Å². The molecule has 0 fully saturated rings. The van der Waals surface area contributed by atoms with Crippen LogP contribution in [-0.2, 0) is 9.47 Å². The average Bonchev–Trinajstić information content (AvgIpc) is 2.18. The fourth-order valence-electron chi connectivity index (χ4n) is 2.04. The first-order valence-electron chi connectivity index (χ1n) is 5.37. The van der Waals surface area contributed by atoms with Gasteiger partial charge in [0.25, 0.3) is 0 Å². The Morgan fingerprint density at radius 3 is 1.85 bits per heavy atom. The highest BCUT2D eigenvalue weighted by molar-refractivity contribution is 4.86. The average molecular weight is 188 g/mol. The number of hydrogen-bond donors (Lipinski definition) is 0. The second-order valence-electron chi connectivity index (χ2n) is 3.34. The molecular formula is C11H24O2. The first-order chi connectivity index (χ1) is 6.20. The molecule has 0 bridgehead atoms. The van der Waals surface area contributed by atoms with Gasteiger partial charge in [-0.3, -0.25) is 0 Å². The van der Waals surface area contributed by atoms with Crippen molar-refractivity contribution in [3.05, 3.63) is 0 Å². The van der Waals surface area contributed by atoms with Gasteiger partial charge in [0.05, 0.1) is 11.7 Å². The normalized spacial score (nSPS) is 14.5. The van der Waals surface area contributed by atoms with E-state index in [1.54, 1.807) is 7.11 Å². The molecule has 1 atom stereocenters. The Morgan fingerprint density at radius 2 is 1.62 bits per heavy atom. The van der Waals surface area contributed by atoms with Gasteiger partial charge in [-0.2, -0.15) is 0 Å². The first-order valence-corrected chi connectivity index (χ1v) is 5.37. The van der Waals surface area contributed by atoms with E-state index in [0.29, 0.717) is 0 Å². The molecule has 2 heteroatoms. The van der Waals surface area contributed by atoms with Crippen LogP contribution in [0.15, 0.2) is 0 Å². The van der Waals surface area contributed by atoms with Gasteiger partial charge in [0.1, 0.15) is 0 Å². The molecule has 0 aromatic carbocycles. The van der Waals surface area contributed by atoms with E-state index in [4.69, 9.17) is 9.47 Å². The van der Waals surface area contributed by atoms with Crippen molar-refractivity contribution in [3.63, 3.8) is 0 Å². The van der Waals surface area contributed by atoms with Crippen molar-refractivity contribution in [2.45, 2.75) is 58.7 Å². The van der Waals surface area contributed by atoms with Gasteiger partial charge < -0.3 is 9.47 Å². The van der Waals surface area contributed by atoms with Gasteiger partial charge in [-0.25, -0.2) is 0 Å². The van der Waals surface area contributed by atoms with E-state index in [2.05, 4.69) is 20.8 Å². The Morgan fingerprint density at radius 1 is 1.08 bits per heavy atom. The van der Waals surface area contributed by atoms with E-state index in [1.807, 2.05) is 6.92 Å². The molecule has 0 amide bonds. The number of methoxy groups -OCH3 is 1. The van der Waals surface area contributed by atoms with Crippen LogP contribution in [0.1, 0.15) is 47.0 Å². The Hall–Kier alpha value is -0.0800. The molecule has 0 radical (unpaired) electrons. The van der Waals surface area contributed by atoms with E-state index in [1.165, 1.54) is 0 Å². The molecule has 80 valence electrons. The number of hydrogen-bond acceptors (Lipinski definition) is 2. The zero-order chi connectivity index (χ0) is 10.3. The third kappa shape index (κ3) is 2.96. The highest BCUT2D eigenvalue weighted by Crippen LogP contribution is 2.28.